The molecule has 1 rings (SSSR count). The Bertz CT molecular complexity index is 365. The zero-order chi connectivity index (χ0) is 10.8. The van der Waals surface area contributed by atoms with E-state index in [9.17, 15) is 12.8 Å². The SMILES string of the molecule is CC(NN1N=CC=C(F)N1)S(=O)(=O)O. The summed E-state index contributed by atoms with van der Waals surface area (Å²) in [6.45, 7) is 1.18. The first-order chi connectivity index (χ1) is 6.39. The molecular formula is C5H9FN4O3S. The highest BCUT2D eigenvalue weighted by molar-refractivity contribution is 7.86. The number of hydrogen-bond donors (Lipinski definition) is 3. The van der Waals surface area contributed by atoms with Crippen molar-refractivity contribution in [1.82, 2.24) is 16.1 Å². The van der Waals surface area contributed by atoms with Crippen molar-refractivity contribution in [2.45, 2.75) is 12.3 Å². The molecule has 0 aromatic rings. The highest BCUT2D eigenvalue weighted by atomic mass is 32.2. The topological polar surface area (TPSA) is 94.0 Å². The van der Waals surface area contributed by atoms with Crippen LogP contribution < -0.4 is 10.9 Å². The summed E-state index contributed by atoms with van der Waals surface area (Å²) in [6, 6.07) is 0. The highest BCUT2D eigenvalue weighted by Gasteiger charge is 2.20. The lowest BCUT2D eigenvalue weighted by atomic mass is 10.6. The van der Waals surface area contributed by atoms with Crippen molar-refractivity contribution in [2.75, 3.05) is 0 Å². The Labute approximate surface area is 80.0 Å². The van der Waals surface area contributed by atoms with E-state index in [1.54, 1.807) is 0 Å². The third-order valence-corrected chi connectivity index (χ3v) is 2.37. The van der Waals surface area contributed by atoms with Crippen molar-refractivity contribution in [2.24, 2.45) is 5.10 Å². The third-order valence-electron chi connectivity index (χ3n) is 1.37. The lowest BCUT2D eigenvalue weighted by Crippen LogP contribution is -2.50. The molecule has 0 aliphatic carbocycles. The molecule has 3 N–H and O–H groups in total. The first kappa shape index (κ1) is 10.9. The van der Waals surface area contributed by atoms with E-state index >= 15 is 0 Å². The summed E-state index contributed by atoms with van der Waals surface area (Å²) in [5.74, 6) is -0.699. The van der Waals surface area contributed by atoms with Crippen LogP contribution in [0.1, 0.15) is 6.92 Å². The summed E-state index contributed by atoms with van der Waals surface area (Å²) in [7, 11) is -4.23. The van der Waals surface area contributed by atoms with Crippen LogP contribution in [0.15, 0.2) is 17.1 Å². The zero-order valence-electron chi connectivity index (χ0n) is 7.18. The van der Waals surface area contributed by atoms with E-state index in [-0.39, 0.29) is 0 Å². The predicted octanol–water partition coefficient (Wildman–Crippen LogP) is -0.658. The van der Waals surface area contributed by atoms with Gasteiger partial charge in [0.2, 0.25) is 5.95 Å². The molecule has 1 heterocycles. The van der Waals surface area contributed by atoms with Gasteiger partial charge in [-0.2, -0.15) is 18.2 Å². The fraction of sp³-hybridized carbons (Fsp3) is 0.400. The predicted molar refractivity (Wildman–Crippen MR) is 46.8 cm³/mol. The standard InChI is InChI=1S/C5H9FN4O3S/c1-4(14(11,12)13)8-10-7-3-2-5(6)9-10/h2-4,8-9H,1H3,(H,11,12,13). The number of hydrazone groups is 1. The molecule has 1 aliphatic rings. The summed E-state index contributed by atoms with van der Waals surface area (Å²) in [5.41, 5.74) is 4.26. The Morgan fingerprint density at radius 2 is 2.43 bits per heavy atom. The maximum absolute atomic E-state index is 12.5. The molecule has 0 spiro atoms. The minimum absolute atomic E-state index is 0.699. The van der Waals surface area contributed by atoms with E-state index in [0.717, 1.165) is 17.5 Å². The number of hydrazine groups is 2. The second-order valence-electron chi connectivity index (χ2n) is 2.49. The van der Waals surface area contributed by atoms with Crippen molar-refractivity contribution in [1.29, 1.82) is 0 Å². The lowest BCUT2D eigenvalue weighted by Gasteiger charge is -2.24. The number of nitrogens with one attached hydrogen (secondary N) is 2. The normalized spacial score (nSPS) is 18.8. The minimum Gasteiger partial charge on any atom is -0.284 e. The van der Waals surface area contributed by atoms with Gasteiger partial charge in [0.25, 0.3) is 10.1 Å². The number of hydrogen-bond acceptors (Lipinski definition) is 6. The third kappa shape index (κ3) is 2.94. The summed E-state index contributed by atoms with van der Waals surface area (Å²) >= 11 is 0. The van der Waals surface area contributed by atoms with Gasteiger partial charge in [-0.3, -0.25) is 4.55 Å². The van der Waals surface area contributed by atoms with Crippen molar-refractivity contribution < 1.29 is 17.4 Å². The van der Waals surface area contributed by atoms with Crippen molar-refractivity contribution >= 4 is 16.3 Å². The van der Waals surface area contributed by atoms with Gasteiger partial charge < -0.3 is 0 Å². The molecule has 0 saturated heterocycles. The maximum atomic E-state index is 12.5. The van der Waals surface area contributed by atoms with Gasteiger partial charge in [-0.05, 0) is 6.92 Å². The Balaban J connectivity index is 2.55. The largest absolute Gasteiger partial charge is 0.284 e. The second kappa shape index (κ2) is 3.90. The van der Waals surface area contributed by atoms with Gasteiger partial charge in [0.15, 0.2) is 5.37 Å². The molecule has 0 bridgehead atoms. The van der Waals surface area contributed by atoms with Crippen LogP contribution in [0, 0.1) is 0 Å². The molecular weight excluding hydrogens is 215 g/mol. The van der Waals surface area contributed by atoms with E-state index in [0.29, 0.717) is 0 Å². The molecule has 14 heavy (non-hydrogen) atoms. The highest BCUT2D eigenvalue weighted by Crippen LogP contribution is 1.99. The molecule has 0 aromatic heterocycles. The van der Waals surface area contributed by atoms with Crippen LogP contribution in [-0.2, 0) is 10.1 Å². The quantitative estimate of drug-likeness (QED) is 0.435. The molecule has 1 atom stereocenters. The van der Waals surface area contributed by atoms with Crippen molar-refractivity contribution in [3.63, 3.8) is 0 Å². The molecule has 0 saturated carbocycles. The van der Waals surface area contributed by atoms with E-state index in [2.05, 4.69) is 16.0 Å². The van der Waals surface area contributed by atoms with E-state index < -0.39 is 21.4 Å². The van der Waals surface area contributed by atoms with Crippen LogP contribution in [0.5, 0.6) is 0 Å². The Kier molecular flexibility index (Phi) is 3.03. The van der Waals surface area contributed by atoms with Crippen LogP contribution >= 0.6 is 0 Å². The van der Waals surface area contributed by atoms with Crippen LogP contribution in [0.4, 0.5) is 4.39 Å². The van der Waals surface area contributed by atoms with Gasteiger partial charge in [-0.15, -0.1) is 10.3 Å². The summed E-state index contributed by atoms with van der Waals surface area (Å²) in [6.07, 6.45) is 2.17. The van der Waals surface area contributed by atoms with Gasteiger partial charge >= 0.3 is 0 Å². The monoisotopic (exact) mass is 224 g/mol. The van der Waals surface area contributed by atoms with Gasteiger partial charge in [-0.25, -0.2) is 5.43 Å². The fourth-order valence-corrected chi connectivity index (χ4v) is 0.870. The first-order valence-corrected chi connectivity index (χ1v) is 5.09. The molecule has 1 unspecified atom stereocenters. The summed E-state index contributed by atoms with van der Waals surface area (Å²) in [5, 5.41) is 2.98. The number of allylic oxidation sites excluding steroid dienone is 1. The molecule has 0 aromatic carbocycles. The van der Waals surface area contributed by atoms with Crippen molar-refractivity contribution in [3.05, 3.63) is 12.0 Å². The Hall–Kier alpha value is -1.19. The van der Waals surface area contributed by atoms with Gasteiger partial charge in [0.05, 0.1) is 6.21 Å². The first-order valence-electron chi connectivity index (χ1n) is 3.58. The van der Waals surface area contributed by atoms with Crippen LogP contribution in [0.2, 0.25) is 0 Å². The smallest absolute Gasteiger partial charge is 0.282 e. The maximum Gasteiger partial charge on any atom is 0.282 e. The minimum atomic E-state index is -4.23. The summed E-state index contributed by atoms with van der Waals surface area (Å²) < 4.78 is 42.3. The Morgan fingerprint density at radius 3 is 2.93 bits per heavy atom. The number of rotatable bonds is 3. The van der Waals surface area contributed by atoms with E-state index in [1.165, 1.54) is 6.92 Å². The van der Waals surface area contributed by atoms with Crippen LogP contribution in [0.25, 0.3) is 0 Å². The number of nitrogens with zero attached hydrogens (tertiary/aromatic N) is 2. The molecule has 80 valence electrons. The van der Waals surface area contributed by atoms with Gasteiger partial charge in [0.1, 0.15) is 0 Å². The molecule has 1 aliphatic heterocycles. The van der Waals surface area contributed by atoms with Crippen molar-refractivity contribution in [3.8, 4) is 0 Å². The molecule has 0 radical (unpaired) electrons. The lowest BCUT2D eigenvalue weighted by molar-refractivity contribution is 0.114. The zero-order valence-corrected chi connectivity index (χ0v) is 7.99. The summed E-state index contributed by atoms with van der Waals surface area (Å²) in [4.78, 5) is 0. The van der Waals surface area contributed by atoms with Gasteiger partial charge in [-0.1, -0.05) is 0 Å². The molecule has 9 heteroatoms. The second-order valence-corrected chi connectivity index (χ2v) is 4.23. The van der Waals surface area contributed by atoms with E-state index in [4.69, 9.17) is 4.55 Å². The van der Waals surface area contributed by atoms with E-state index in [1.807, 2.05) is 0 Å². The van der Waals surface area contributed by atoms with Crippen LogP contribution in [-0.4, -0.2) is 29.8 Å². The molecule has 0 fully saturated rings. The molecule has 0 amide bonds. The molecule has 7 nitrogen and oxygen atoms in total. The average Bonchev–Trinajstić information content (AvgIpc) is 2.02. The average molecular weight is 224 g/mol. The van der Waals surface area contributed by atoms with Crippen LogP contribution in [0.3, 0.4) is 0 Å². The number of halogens is 1. The van der Waals surface area contributed by atoms with Gasteiger partial charge in [0, 0.05) is 6.08 Å². The fourth-order valence-electron chi connectivity index (χ4n) is 0.637. The Morgan fingerprint density at radius 1 is 1.79 bits per heavy atom.